The number of alkyl carbamates (subject to hydrolysis) is 1. The van der Waals surface area contributed by atoms with Gasteiger partial charge in [0.05, 0.1) is 19.8 Å². The predicted molar refractivity (Wildman–Crippen MR) is 144 cm³/mol. The molecule has 0 spiro atoms. The van der Waals surface area contributed by atoms with Crippen molar-refractivity contribution in [3.8, 4) is 5.88 Å². The Bertz CT molecular complexity index is 601. The Morgan fingerprint density at radius 2 is 1.49 bits per heavy atom. The fourth-order valence-electron chi connectivity index (χ4n) is 3.90. The fourth-order valence-corrected chi connectivity index (χ4v) is 3.90. The summed E-state index contributed by atoms with van der Waals surface area (Å²) in [6.07, 6.45) is 20.2. The van der Waals surface area contributed by atoms with Crippen LogP contribution in [-0.2, 0) is 18.9 Å². The van der Waals surface area contributed by atoms with E-state index in [1.807, 2.05) is 0 Å². The Labute approximate surface area is 224 Å². The molecular formula is C28H52N2O7. The van der Waals surface area contributed by atoms with E-state index in [1.165, 1.54) is 89.7 Å². The summed E-state index contributed by atoms with van der Waals surface area (Å²) in [5, 5.41) is 6.52. The highest BCUT2D eigenvalue weighted by atomic mass is 16.7. The second-order valence-corrected chi connectivity index (χ2v) is 9.44. The number of hydrogen-bond donors (Lipinski definition) is 1. The number of carbonyl (C=O) groups is 1. The van der Waals surface area contributed by atoms with Crippen LogP contribution in [0.5, 0.6) is 5.88 Å². The summed E-state index contributed by atoms with van der Waals surface area (Å²) in [5.74, 6) is 0.302. The van der Waals surface area contributed by atoms with Gasteiger partial charge >= 0.3 is 6.09 Å². The van der Waals surface area contributed by atoms with Gasteiger partial charge in [0.1, 0.15) is 19.7 Å². The van der Waals surface area contributed by atoms with Crippen LogP contribution in [0.4, 0.5) is 4.79 Å². The van der Waals surface area contributed by atoms with Crippen LogP contribution in [0.1, 0.15) is 103 Å². The first-order valence-corrected chi connectivity index (χ1v) is 14.4. The van der Waals surface area contributed by atoms with Crippen LogP contribution in [-0.4, -0.2) is 64.2 Å². The zero-order valence-electron chi connectivity index (χ0n) is 23.4. The molecule has 1 heterocycles. The molecule has 1 amide bonds. The molecular weight excluding hydrogens is 476 g/mol. The van der Waals surface area contributed by atoms with E-state index in [4.69, 9.17) is 28.2 Å². The standard InChI is InChI=1S/C28H52N2O7/c1-3-4-5-6-7-8-9-10-11-12-13-14-15-16-17-19-29-28(31)35-24-26(37-27-18-20-36-30-27)23-34-25-33-22-21-32-2/h18,20,26H,3-17,19,21-25H2,1-2H3,(H,29,31). The second-order valence-electron chi connectivity index (χ2n) is 9.44. The van der Waals surface area contributed by atoms with Gasteiger partial charge in [-0.1, -0.05) is 96.8 Å². The monoisotopic (exact) mass is 528 g/mol. The highest BCUT2D eigenvalue weighted by Crippen LogP contribution is 2.13. The van der Waals surface area contributed by atoms with Crippen molar-refractivity contribution < 1.29 is 33.0 Å². The van der Waals surface area contributed by atoms with Gasteiger partial charge in [0.15, 0.2) is 6.10 Å². The predicted octanol–water partition coefficient (Wildman–Crippen LogP) is 6.66. The van der Waals surface area contributed by atoms with Gasteiger partial charge in [-0.05, 0) is 11.6 Å². The molecule has 0 aliphatic rings. The number of hydrogen-bond acceptors (Lipinski definition) is 8. The molecule has 1 unspecified atom stereocenters. The van der Waals surface area contributed by atoms with Crippen molar-refractivity contribution in [2.24, 2.45) is 0 Å². The lowest BCUT2D eigenvalue weighted by Gasteiger charge is -2.17. The maximum absolute atomic E-state index is 12.0. The minimum absolute atomic E-state index is 0.0234. The number of unbranched alkanes of at least 4 members (excludes halogenated alkanes) is 14. The number of ether oxygens (including phenoxy) is 5. The van der Waals surface area contributed by atoms with E-state index in [0.717, 1.165) is 12.8 Å². The van der Waals surface area contributed by atoms with E-state index in [2.05, 4.69) is 17.4 Å². The van der Waals surface area contributed by atoms with E-state index in [-0.39, 0.29) is 20.0 Å². The molecule has 216 valence electrons. The summed E-state index contributed by atoms with van der Waals surface area (Å²) < 4.78 is 31.4. The van der Waals surface area contributed by atoms with Crippen molar-refractivity contribution in [2.45, 2.75) is 109 Å². The molecule has 37 heavy (non-hydrogen) atoms. The smallest absolute Gasteiger partial charge is 0.407 e. The molecule has 9 nitrogen and oxygen atoms in total. The minimum Gasteiger partial charge on any atom is -0.466 e. The van der Waals surface area contributed by atoms with Gasteiger partial charge in [-0.3, -0.25) is 0 Å². The molecule has 1 aromatic rings. The molecule has 1 aromatic heterocycles. The van der Waals surface area contributed by atoms with Crippen molar-refractivity contribution in [3.05, 3.63) is 12.3 Å². The van der Waals surface area contributed by atoms with Crippen molar-refractivity contribution in [3.63, 3.8) is 0 Å². The average molecular weight is 529 g/mol. The highest BCUT2D eigenvalue weighted by molar-refractivity contribution is 5.67. The van der Waals surface area contributed by atoms with E-state index >= 15 is 0 Å². The first-order valence-electron chi connectivity index (χ1n) is 14.4. The summed E-state index contributed by atoms with van der Waals surface area (Å²) >= 11 is 0. The molecule has 0 aromatic carbocycles. The number of carbonyl (C=O) groups excluding carboxylic acids is 1. The summed E-state index contributed by atoms with van der Waals surface area (Å²) in [6, 6.07) is 1.58. The van der Waals surface area contributed by atoms with Gasteiger partial charge in [-0.2, -0.15) is 0 Å². The third-order valence-electron chi connectivity index (χ3n) is 6.05. The van der Waals surface area contributed by atoms with Crippen LogP contribution < -0.4 is 10.1 Å². The van der Waals surface area contributed by atoms with Crippen molar-refractivity contribution >= 4 is 6.09 Å². The normalized spacial score (nSPS) is 11.9. The fraction of sp³-hybridized carbons (Fsp3) is 0.857. The Morgan fingerprint density at radius 3 is 2.05 bits per heavy atom. The van der Waals surface area contributed by atoms with Gasteiger partial charge < -0.3 is 33.5 Å². The number of rotatable bonds is 27. The number of aromatic nitrogens is 1. The van der Waals surface area contributed by atoms with Gasteiger partial charge in [0, 0.05) is 19.7 Å². The third kappa shape index (κ3) is 21.9. The molecule has 0 radical (unpaired) electrons. The van der Waals surface area contributed by atoms with Crippen molar-refractivity contribution in [1.82, 2.24) is 10.5 Å². The maximum Gasteiger partial charge on any atom is 0.407 e. The molecule has 0 aliphatic heterocycles. The quantitative estimate of drug-likeness (QED) is 0.0999. The molecule has 0 aliphatic carbocycles. The lowest BCUT2D eigenvalue weighted by molar-refractivity contribution is -0.0898. The Balaban J connectivity index is 1.97. The van der Waals surface area contributed by atoms with E-state index in [9.17, 15) is 4.79 Å². The lowest BCUT2D eigenvalue weighted by Crippen LogP contribution is -2.34. The van der Waals surface area contributed by atoms with Crippen LogP contribution in [0, 0.1) is 0 Å². The molecule has 0 bridgehead atoms. The number of nitrogens with zero attached hydrogens (tertiary/aromatic N) is 1. The average Bonchev–Trinajstić information content (AvgIpc) is 3.42. The van der Waals surface area contributed by atoms with E-state index < -0.39 is 12.2 Å². The molecule has 9 heteroatoms. The van der Waals surface area contributed by atoms with E-state index in [0.29, 0.717) is 25.6 Å². The van der Waals surface area contributed by atoms with Crippen LogP contribution in [0.2, 0.25) is 0 Å². The maximum atomic E-state index is 12.0. The number of amides is 1. The molecule has 1 rings (SSSR count). The Kier molecular flexibility index (Phi) is 23.1. The molecule has 0 saturated carbocycles. The molecule has 1 atom stereocenters. The zero-order chi connectivity index (χ0) is 26.7. The second kappa shape index (κ2) is 25.8. The van der Waals surface area contributed by atoms with Gasteiger partial charge in [0.2, 0.25) is 0 Å². The van der Waals surface area contributed by atoms with Crippen LogP contribution in [0.3, 0.4) is 0 Å². The van der Waals surface area contributed by atoms with Crippen molar-refractivity contribution in [1.29, 1.82) is 0 Å². The summed E-state index contributed by atoms with van der Waals surface area (Å²) in [7, 11) is 1.61. The van der Waals surface area contributed by atoms with Crippen LogP contribution in [0.25, 0.3) is 0 Å². The van der Waals surface area contributed by atoms with Crippen LogP contribution >= 0.6 is 0 Å². The summed E-state index contributed by atoms with van der Waals surface area (Å²) in [5.41, 5.74) is 0. The van der Waals surface area contributed by atoms with Gasteiger partial charge in [-0.25, -0.2) is 4.79 Å². The summed E-state index contributed by atoms with van der Waals surface area (Å²) in [6.45, 7) is 4.09. The Hall–Kier alpha value is -1.84. The SMILES string of the molecule is CCCCCCCCCCCCCCCCCNC(=O)OCC(COCOCCOC)Oc1ccon1. The van der Waals surface area contributed by atoms with Gasteiger partial charge in [-0.15, -0.1) is 0 Å². The largest absolute Gasteiger partial charge is 0.466 e. The van der Waals surface area contributed by atoms with Crippen molar-refractivity contribution in [2.75, 3.05) is 46.9 Å². The highest BCUT2D eigenvalue weighted by Gasteiger charge is 2.16. The number of methoxy groups -OCH3 is 1. The summed E-state index contributed by atoms with van der Waals surface area (Å²) in [4.78, 5) is 12.0. The lowest BCUT2D eigenvalue weighted by atomic mass is 10.0. The third-order valence-corrected chi connectivity index (χ3v) is 6.05. The molecule has 0 saturated heterocycles. The van der Waals surface area contributed by atoms with Gasteiger partial charge in [0.25, 0.3) is 5.88 Å². The number of nitrogens with one attached hydrogen (secondary N) is 1. The van der Waals surface area contributed by atoms with E-state index in [1.54, 1.807) is 13.2 Å². The first kappa shape index (κ1) is 33.2. The molecule has 0 fully saturated rings. The Morgan fingerprint density at radius 1 is 0.865 bits per heavy atom. The topological polar surface area (TPSA) is 101 Å². The first-order chi connectivity index (χ1) is 18.3. The molecule has 1 N–H and O–H groups in total. The minimum atomic E-state index is -0.535. The zero-order valence-corrected chi connectivity index (χ0v) is 23.4. The van der Waals surface area contributed by atoms with Crippen LogP contribution in [0.15, 0.2) is 16.9 Å².